The summed E-state index contributed by atoms with van der Waals surface area (Å²) >= 11 is 1.66. The number of nitrogen functional groups attached to an aromatic ring is 1. The van der Waals surface area contributed by atoms with Gasteiger partial charge in [-0.25, -0.2) is 0 Å². The van der Waals surface area contributed by atoms with Gasteiger partial charge in [0, 0.05) is 5.69 Å². The molecule has 0 saturated heterocycles. The highest BCUT2D eigenvalue weighted by molar-refractivity contribution is 7.97. The first-order valence-corrected chi connectivity index (χ1v) is 8.29. The van der Waals surface area contributed by atoms with Crippen LogP contribution in [0.2, 0.25) is 0 Å². The van der Waals surface area contributed by atoms with E-state index in [1.807, 2.05) is 43.3 Å². The maximum Gasteiger partial charge on any atom is 0.232 e. The molecule has 0 aliphatic carbocycles. The first-order valence-electron chi connectivity index (χ1n) is 7.14. The molecule has 3 rings (SSSR count). The molecule has 118 valence electrons. The summed E-state index contributed by atoms with van der Waals surface area (Å²) in [5.41, 5.74) is 7.85. The van der Waals surface area contributed by atoms with Crippen molar-refractivity contribution in [2.45, 2.75) is 18.4 Å². The van der Waals surface area contributed by atoms with Crippen LogP contribution in [-0.4, -0.2) is 15.0 Å². The Morgan fingerprint density at radius 1 is 1.09 bits per heavy atom. The molecule has 0 unspecified atom stereocenters. The van der Waals surface area contributed by atoms with Crippen LogP contribution in [0.15, 0.2) is 47.1 Å². The van der Waals surface area contributed by atoms with Gasteiger partial charge in [0.15, 0.2) is 0 Å². The predicted molar refractivity (Wildman–Crippen MR) is 92.4 cm³/mol. The summed E-state index contributed by atoms with van der Waals surface area (Å²) in [4.78, 5) is 12.7. The van der Waals surface area contributed by atoms with E-state index in [2.05, 4.69) is 20.3 Å². The molecule has 0 bridgehead atoms. The zero-order chi connectivity index (χ0) is 16.1. The predicted octanol–water partition coefficient (Wildman–Crippen LogP) is 3.53. The Bertz CT molecular complexity index is 776. The van der Waals surface area contributed by atoms with Crippen LogP contribution in [0.1, 0.15) is 17.1 Å². The van der Waals surface area contributed by atoms with Crippen molar-refractivity contribution in [3.63, 3.8) is 0 Å². The second-order valence-corrected chi connectivity index (χ2v) is 5.93. The van der Waals surface area contributed by atoms with Gasteiger partial charge in [-0.1, -0.05) is 18.2 Å². The molecule has 23 heavy (non-hydrogen) atoms. The molecular weight excluding hydrogens is 310 g/mol. The molecule has 3 N–H and O–H groups in total. The summed E-state index contributed by atoms with van der Waals surface area (Å²) < 4.78 is 5.30. The van der Waals surface area contributed by atoms with Crippen LogP contribution in [-0.2, 0) is 11.5 Å². The molecule has 0 saturated carbocycles. The second kappa shape index (κ2) is 7.15. The summed E-state index contributed by atoms with van der Waals surface area (Å²) in [6.45, 7) is 2.02. The van der Waals surface area contributed by atoms with Crippen molar-refractivity contribution in [2.24, 2.45) is 0 Å². The highest BCUT2D eigenvalue weighted by atomic mass is 32.2. The highest BCUT2D eigenvalue weighted by Gasteiger charge is 2.07. The maximum absolute atomic E-state index is 5.79. The van der Waals surface area contributed by atoms with Crippen LogP contribution in [0.25, 0.3) is 0 Å². The lowest BCUT2D eigenvalue weighted by Gasteiger charge is -2.09. The molecule has 3 aromatic rings. The van der Waals surface area contributed by atoms with E-state index >= 15 is 0 Å². The molecule has 2 heterocycles. The number of anilines is 3. The van der Waals surface area contributed by atoms with Crippen molar-refractivity contribution in [3.05, 3.63) is 59.8 Å². The number of furan rings is 1. The Hall–Kier alpha value is -2.54. The third-order valence-corrected chi connectivity index (χ3v) is 4.10. The van der Waals surface area contributed by atoms with Crippen molar-refractivity contribution in [1.29, 1.82) is 0 Å². The normalized spacial score (nSPS) is 10.7. The van der Waals surface area contributed by atoms with E-state index in [1.54, 1.807) is 18.0 Å². The lowest BCUT2D eigenvalue weighted by atomic mass is 10.2. The fourth-order valence-corrected chi connectivity index (χ4v) is 2.81. The Morgan fingerprint density at radius 3 is 2.74 bits per heavy atom. The fourth-order valence-electron chi connectivity index (χ4n) is 2.03. The van der Waals surface area contributed by atoms with Gasteiger partial charge in [0.1, 0.15) is 11.6 Å². The molecule has 1 aromatic carbocycles. The van der Waals surface area contributed by atoms with Gasteiger partial charge < -0.3 is 15.5 Å². The molecule has 6 nitrogen and oxygen atoms in total. The molecule has 0 fully saturated rings. The SMILES string of the molecule is Cc1ccccc1Nc1nc(N)nc(CSCc2ccco2)n1. The van der Waals surface area contributed by atoms with Gasteiger partial charge in [-0.3, -0.25) is 0 Å². The van der Waals surface area contributed by atoms with E-state index in [0.717, 1.165) is 22.8 Å². The van der Waals surface area contributed by atoms with Crippen molar-refractivity contribution in [1.82, 2.24) is 15.0 Å². The van der Waals surface area contributed by atoms with Gasteiger partial charge in [-0.2, -0.15) is 15.0 Å². The number of aromatic nitrogens is 3. The largest absolute Gasteiger partial charge is 0.468 e. The molecule has 0 amide bonds. The first-order chi connectivity index (χ1) is 11.2. The van der Waals surface area contributed by atoms with Crippen LogP contribution >= 0.6 is 11.8 Å². The number of nitrogens with zero attached hydrogens (tertiary/aromatic N) is 3. The molecule has 0 aliphatic heterocycles. The lowest BCUT2D eigenvalue weighted by Crippen LogP contribution is -2.07. The quantitative estimate of drug-likeness (QED) is 0.715. The van der Waals surface area contributed by atoms with Crippen LogP contribution in [0.4, 0.5) is 17.6 Å². The smallest absolute Gasteiger partial charge is 0.232 e. The summed E-state index contributed by atoms with van der Waals surface area (Å²) in [7, 11) is 0. The zero-order valence-corrected chi connectivity index (χ0v) is 13.5. The number of aryl methyl sites for hydroxylation is 1. The lowest BCUT2D eigenvalue weighted by molar-refractivity contribution is 0.530. The second-order valence-electron chi connectivity index (χ2n) is 4.95. The van der Waals surface area contributed by atoms with E-state index < -0.39 is 0 Å². The summed E-state index contributed by atoms with van der Waals surface area (Å²) in [6.07, 6.45) is 1.67. The third-order valence-electron chi connectivity index (χ3n) is 3.15. The van der Waals surface area contributed by atoms with Gasteiger partial charge in [-0.15, -0.1) is 11.8 Å². The number of hydrogen-bond acceptors (Lipinski definition) is 7. The summed E-state index contributed by atoms with van der Waals surface area (Å²) in [6, 6.07) is 11.8. The number of nitrogens with one attached hydrogen (secondary N) is 1. The molecule has 0 radical (unpaired) electrons. The highest BCUT2D eigenvalue weighted by Crippen LogP contribution is 2.20. The topological polar surface area (TPSA) is 89.9 Å². The Morgan fingerprint density at radius 2 is 1.96 bits per heavy atom. The number of hydrogen-bond donors (Lipinski definition) is 2. The van der Waals surface area contributed by atoms with Crippen LogP contribution < -0.4 is 11.1 Å². The van der Waals surface area contributed by atoms with Crippen molar-refractivity contribution in [2.75, 3.05) is 11.1 Å². The molecule has 7 heteroatoms. The van der Waals surface area contributed by atoms with E-state index in [1.165, 1.54) is 0 Å². The Balaban J connectivity index is 1.67. The summed E-state index contributed by atoms with van der Waals surface area (Å²) in [5, 5.41) is 3.19. The zero-order valence-electron chi connectivity index (χ0n) is 12.7. The molecule has 0 atom stereocenters. The van der Waals surface area contributed by atoms with Gasteiger partial charge in [-0.05, 0) is 30.7 Å². The number of benzene rings is 1. The minimum absolute atomic E-state index is 0.213. The van der Waals surface area contributed by atoms with Crippen LogP contribution in [0.3, 0.4) is 0 Å². The summed E-state index contributed by atoms with van der Waals surface area (Å²) in [5.74, 6) is 3.64. The van der Waals surface area contributed by atoms with Crippen molar-refractivity contribution < 1.29 is 4.42 Å². The van der Waals surface area contributed by atoms with Crippen LogP contribution in [0, 0.1) is 6.92 Å². The van der Waals surface area contributed by atoms with Gasteiger partial charge >= 0.3 is 0 Å². The molecule has 0 aliphatic rings. The Labute approximate surface area is 138 Å². The number of rotatable bonds is 6. The first kappa shape index (κ1) is 15.4. The minimum Gasteiger partial charge on any atom is -0.468 e. The van der Waals surface area contributed by atoms with Gasteiger partial charge in [0.05, 0.1) is 17.8 Å². The Kier molecular flexibility index (Phi) is 4.77. The third kappa shape index (κ3) is 4.23. The number of nitrogens with two attached hydrogens (primary N) is 1. The van der Waals surface area contributed by atoms with Crippen LogP contribution in [0.5, 0.6) is 0 Å². The van der Waals surface area contributed by atoms with E-state index in [4.69, 9.17) is 10.2 Å². The average molecular weight is 327 g/mol. The minimum atomic E-state index is 0.213. The van der Waals surface area contributed by atoms with E-state index in [-0.39, 0.29) is 5.95 Å². The average Bonchev–Trinajstić information content (AvgIpc) is 3.02. The monoisotopic (exact) mass is 327 g/mol. The molecular formula is C16H17N5OS. The van der Waals surface area contributed by atoms with E-state index in [9.17, 15) is 0 Å². The standard InChI is InChI=1S/C16H17N5OS/c1-11-5-2-3-7-13(11)18-16-20-14(19-15(17)21-16)10-23-9-12-6-4-8-22-12/h2-8H,9-10H2,1H3,(H3,17,18,19,20,21). The van der Waals surface area contributed by atoms with Crippen molar-refractivity contribution in [3.8, 4) is 0 Å². The number of para-hydroxylation sites is 1. The maximum atomic E-state index is 5.79. The van der Waals surface area contributed by atoms with Gasteiger partial charge in [0.25, 0.3) is 0 Å². The van der Waals surface area contributed by atoms with Gasteiger partial charge in [0.2, 0.25) is 11.9 Å². The van der Waals surface area contributed by atoms with E-state index in [0.29, 0.717) is 17.5 Å². The molecule has 0 spiro atoms. The van der Waals surface area contributed by atoms with Crippen molar-refractivity contribution >= 4 is 29.3 Å². The fraction of sp³-hybridized carbons (Fsp3) is 0.188. The molecule has 2 aromatic heterocycles. The number of thioether (sulfide) groups is 1.